The van der Waals surface area contributed by atoms with Crippen LogP contribution >= 0.6 is 0 Å². The van der Waals surface area contributed by atoms with E-state index >= 15 is 0 Å². The van der Waals surface area contributed by atoms with Crippen LogP contribution in [0.4, 0.5) is 5.69 Å². The third kappa shape index (κ3) is 3.68. The molecule has 0 atom stereocenters. The summed E-state index contributed by atoms with van der Waals surface area (Å²) in [5.74, 6) is -1.25. The maximum absolute atomic E-state index is 12.2. The number of benzene rings is 1. The maximum atomic E-state index is 12.2. The molecule has 0 aliphatic heterocycles. The van der Waals surface area contributed by atoms with Crippen LogP contribution in [0.2, 0.25) is 0 Å². The number of nitrogens with one attached hydrogen (secondary N) is 1. The number of amides is 1. The predicted molar refractivity (Wildman–Crippen MR) is 78.3 cm³/mol. The lowest BCUT2D eigenvalue weighted by atomic mass is 10.1. The summed E-state index contributed by atoms with van der Waals surface area (Å²) in [4.78, 5) is 23.0. The average molecular weight is 287 g/mol. The first kappa shape index (κ1) is 14.8. The molecule has 0 fully saturated rings. The van der Waals surface area contributed by atoms with Crippen molar-refractivity contribution in [2.45, 2.75) is 26.3 Å². The summed E-state index contributed by atoms with van der Waals surface area (Å²) < 4.78 is 1.69. The molecule has 2 N–H and O–H groups in total. The monoisotopic (exact) mass is 287 g/mol. The Morgan fingerprint density at radius 3 is 2.67 bits per heavy atom. The van der Waals surface area contributed by atoms with Crippen molar-refractivity contribution in [2.75, 3.05) is 5.32 Å². The van der Waals surface area contributed by atoms with Gasteiger partial charge in [-0.15, -0.1) is 0 Å². The lowest BCUT2D eigenvalue weighted by Gasteiger charge is -2.08. The average Bonchev–Trinajstić information content (AvgIpc) is 2.90. The Morgan fingerprint density at radius 1 is 1.33 bits per heavy atom. The SMILES string of the molecule is CC(C)n1cc(C(=O)Nc2ccccc2CC(=O)O)cn1. The summed E-state index contributed by atoms with van der Waals surface area (Å²) in [6, 6.07) is 7.03. The smallest absolute Gasteiger partial charge is 0.307 e. The lowest BCUT2D eigenvalue weighted by Crippen LogP contribution is -2.14. The fraction of sp³-hybridized carbons (Fsp3) is 0.267. The Kier molecular flexibility index (Phi) is 4.37. The largest absolute Gasteiger partial charge is 0.481 e. The zero-order valence-electron chi connectivity index (χ0n) is 11.9. The molecule has 0 bridgehead atoms. The zero-order valence-corrected chi connectivity index (χ0v) is 11.9. The summed E-state index contributed by atoms with van der Waals surface area (Å²) in [6.07, 6.45) is 3.02. The van der Waals surface area contributed by atoms with Crippen molar-refractivity contribution in [2.24, 2.45) is 0 Å². The van der Waals surface area contributed by atoms with Gasteiger partial charge in [0.25, 0.3) is 5.91 Å². The molecule has 6 nitrogen and oxygen atoms in total. The lowest BCUT2D eigenvalue weighted by molar-refractivity contribution is -0.136. The normalized spacial score (nSPS) is 10.6. The number of nitrogens with zero attached hydrogens (tertiary/aromatic N) is 2. The molecule has 0 aliphatic rings. The second-order valence-corrected chi connectivity index (χ2v) is 4.98. The number of hydrogen-bond donors (Lipinski definition) is 2. The van der Waals surface area contributed by atoms with Crippen molar-refractivity contribution in [1.29, 1.82) is 0 Å². The number of hydrogen-bond acceptors (Lipinski definition) is 3. The van der Waals surface area contributed by atoms with Gasteiger partial charge in [0, 0.05) is 17.9 Å². The molecular weight excluding hydrogens is 270 g/mol. The van der Waals surface area contributed by atoms with E-state index in [2.05, 4.69) is 10.4 Å². The van der Waals surface area contributed by atoms with Crippen LogP contribution in [-0.4, -0.2) is 26.8 Å². The number of aliphatic carboxylic acids is 1. The van der Waals surface area contributed by atoms with E-state index in [1.807, 2.05) is 13.8 Å². The molecule has 2 rings (SSSR count). The Hall–Kier alpha value is -2.63. The van der Waals surface area contributed by atoms with Gasteiger partial charge in [-0.2, -0.15) is 5.10 Å². The third-order valence-electron chi connectivity index (χ3n) is 3.00. The van der Waals surface area contributed by atoms with Crippen LogP contribution < -0.4 is 5.32 Å². The minimum atomic E-state index is -0.940. The van der Waals surface area contributed by atoms with Gasteiger partial charge in [0.15, 0.2) is 0 Å². The Balaban J connectivity index is 2.17. The fourth-order valence-corrected chi connectivity index (χ4v) is 1.89. The molecular formula is C15H17N3O3. The molecule has 6 heteroatoms. The second-order valence-electron chi connectivity index (χ2n) is 4.98. The molecule has 1 heterocycles. The summed E-state index contributed by atoms with van der Waals surface area (Å²) >= 11 is 0. The number of rotatable bonds is 5. The minimum absolute atomic E-state index is 0.137. The number of aromatic nitrogens is 2. The zero-order chi connectivity index (χ0) is 15.4. The number of carbonyl (C=O) groups excluding carboxylic acids is 1. The van der Waals surface area contributed by atoms with E-state index in [-0.39, 0.29) is 18.4 Å². The second kappa shape index (κ2) is 6.21. The molecule has 0 aliphatic carbocycles. The van der Waals surface area contributed by atoms with E-state index in [1.54, 1.807) is 35.1 Å². The van der Waals surface area contributed by atoms with E-state index in [1.165, 1.54) is 6.20 Å². The van der Waals surface area contributed by atoms with E-state index in [4.69, 9.17) is 5.11 Å². The minimum Gasteiger partial charge on any atom is -0.481 e. The molecule has 1 aromatic heterocycles. The molecule has 0 saturated heterocycles. The van der Waals surface area contributed by atoms with Gasteiger partial charge >= 0.3 is 5.97 Å². The van der Waals surface area contributed by atoms with Crippen LogP contribution in [0.3, 0.4) is 0 Å². The van der Waals surface area contributed by atoms with Gasteiger partial charge in [-0.1, -0.05) is 18.2 Å². The standard InChI is InChI=1S/C15H17N3O3/c1-10(2)18-9-12(8-16-18)15(21)17-13-6-4-3-5-11(13)7-14(19)20/h3-6,8-10H,7H2,1-2H3,(H,17,21)(H,19,20). The summed E-state index contributed by atoms with van der Waals surface area (Å²) in [7, 11) is 0. The number of carboxylic acids is 1. The highest BCUT2D eigenvalue weighted by Gasteiger charge is 2.13. The molecule has 0 radical (unpaired) electrons. The topological polar surface area (TPSA) is 84.2 Å². The van der Waals surface area contributed by atoms with Crippen molar-refractivity contribution in [3.05, 3.63) is 47.8 Å². The van der Waals surface area contributed by atoms with E-state index < -0.39 is 5.97 Å². The van der Waals surface area contributed by atoms with Crippen molar-refractivity contribution < 1.29 is 14.7 Å². The Bertz CT molecular complexity index is 662. The van der Waals surface area contributed by atoms with Crippen molar-refractivity contribution >= 4 is 17.6 Å². The van der Waals surface area contributed by atoms with Gasteiger partial charge in [0.1, 0.15) is 0 Å². The molecule has 110 valence electrons. The fourth-order valence-electron chi connectivity index (χ4n) is 1.89. The van der Waals surface area contributed by atoms with Gasteiger partial charge in [-0.3, -0.25) is 14.3 Å². The molecule has 0 unspecified atom stereocenters. The van der Waals surface area contributed by atoms with Crippen molar-refractivity contribution in [3.63, 3.8) is 0 Å². The molecule has 2 aromatic rings. The summed E-state index contributed by atoms with van der Waals surface area (Å²) in [6.45, 7) is 3.94. The first-order valence-corrected chi connectivity index (χ1v) is 6.62. The van der Waals surface area contributed by atoms with E-state index in [9.17, 15) is 9.59 Å². The Labute approximate surface area is 122 Å². The van der Waals surface area contributed by atoms with Crippen LogP contribution in [0.5, 0.6) is 0 Å². The van der Waals surface area contributed by atoms with Crippen molar-refractivity contribution in [1.82, 2.24) is 9.78 Å². The van der Waals surface area contributed by atoms with Crippen LogP contribution in [0, 0.1) is 0 Å². The quantitative estimate of drug-likeness (QED) is 0.884. The highest BCUT2D eigenvalue weighted by molar-refractivity contribution is 6.04. The van der Waals surface area contributed by atoms with E-state index in [0.29, 0.717) is 16.8 Å². The highest BCUT2D eigenvalue weighted by atomic mass is 16.4. The van der Waals surface area contributed by atoms with Crippen LogP contribution in [0.1, 0.15) is 35.8 Å². The highest BCUT2D eigenvalue weighted by Crippen LogP contribution is 2.17. The molecule has 1 amide bonds. The number of carbonyl (C=O) groups is 2. The molecule has 0 saturated carbocycles. The summed E-state index contributed by atoms with van der Waals surface area (Å²) in [5, 5.41) is 15.7. The van der Waals surface area contributed by atoms with Gasteiger partial charge in [0.05, 0.1) is 18.2 Å². The first-order chi connectivity index (χ1) is 9.97. The van der Waals surface area contributed by atoms with Gasteiger partial charge in [0.2, 0.25) is 0 Å². The Morgan fingerprint density at radius 2 is 2.05 bits per heavy atom. The maximum Gasteiger partial charge on any atom is 0.307 e. The number of para-hydroxylation sites is 1. The molecule has 0 spiro atoms. The number of carboxylic acid groups (broad SMARTS) is 1. The van der Waals surface area contributed by atoms with Crippen molar-refractivity contribution in [3.8, 4) is 0 Å². The van der Waals surface area contributed by atoms with Crippen LogP contribution in [0.15, 0.2) is 36.7 Å². The van der Waals surface area contributed by atoms with Gasteiger partial charge in [-0.25, -0.2) is 0 Å². The first-order valence-electron chi connectivity index (χ1n) is 6.62. The van der Waals surface area contributed by atoms with Crippen LogP contribution in [0.25, 0.3) is 0 Å². The number of anilines is 1. The van der Waals surface area contributed by atoms with E-state index in [0.717, 1.165) is 0 Å². The third-order valence-corrected chi connectivity index (χ3v) is 3.00. The molecule has 1 aromatic carbocycles. The van der Waals surface area contributed by atoms with Crippen LogP contribution in [-0.2, 0) is 11.2 Å². The molecule has 21 heavy (non-hydrogen) atoms. The predicted octanol–water partition coefficient (Wildman–Crippen LogP) is 2.34. The van der Waals surface area contributed by atoms with Gasteiger partial charge < -0.3 is 10.4 Å². The van der Waals surface area contributed by atoms with Gasteiger partial charge in [-0.05, 0) is 25.5 Å². The summed E-state index contributed by atoms with van der Waals surface area (Å²) in [5.41, 5.74) is 1.51.